The molecule has 0 aromatic heterocycles. The van der Waals surface area contributed by atoms with Gasteiger partial charge in [0.2, 0.25) is 5.91 Å². The van der Waals surface area contributed by atoms with Crippen LogP contribution in [0.4, 0.5) is 0 Å². The molecule has 1 aromatic rings. The van der Waals surface area contributed by atoms with Crippen LogP contribution < -0.4 is 11.1 Å². The quantitative estimate of drug-likeness (QED) is 0.327. The summed E-state index contributed by atoms with van der Waals surface area (Å²) in [6.07, 6.45) is 1.38. The molecular formula is C14H19N3O3S. The topological polar surface area (TPSA) is 105 Å². The number of amides is 1. The monoisotopic (exact) mass is 309 g/mol. The maximum absolute atomic E-state index is 12.4. The van der Waals surface area contributed by atoms with Gasteiger partial charge in [-0.25, -0.2) is 0 Å². The molecule has 1 aromatic carbocycles. The van der Waals surface area contributed by atoms with Gasteiger partial charge in [-0.1, -0.05) is 35.5 Å². The van der Waals surface area contributed by atoms with E-state index >= 15 is 0 Å². The molecule has 1 atom stereocenters. The predicted octanol–water partition coefficient (Wildman–Crippen LogP) is 0.544. The van der Waals surface area contributed by atoms with Gasteiger partial charge in [0.15, 0.2) is 5.84 Å². The highest BCUT2D eigenvalue weighted by molar-refractivity contribution is 7.85. The van der Waals surface area contributed by atoms with Crippen LogP contribution in [-0.4, -0.2) is 38.7 Å². The molecule has 0 bridgehead atoms. The summed E-state index contributed by atoms with van der Waals surface area (Å²) < 4.78 is 11.3. The van der Waals surface area contributed by atoms with Gasteiger partial charge in [-0.2, -0.15) is 0 Å². The molecule has 0 saturated carbocycles. The van der Waals surface area contributed by atoms with Crippen molar-refractivity contribution in [3.05, 3.63) is 35.9 Å². The number of nitrogens with one attached hydrogen (secondary N) is 1. The summed E-state index contributed by atoms with van der Waals surface area (Å²) in [5.74, 6) is -0.0504. The largest absolute Gasteiger partial charge is 0.409 e. The third-order valence-corrected chi connectivity index (χ3v) is 4.92. The van der Waals surface area contributed by atoms with E-state index in [1.165, 1.54) is 0 Å². The summed E-state index contributed by atoms with van der Waals surface area (Å²) in [5, 5.41) is 14.8. The van der Waals surface area contributed by atoms with Crippen molar-refractivity contribution in [2.45, 2.75) is 24.8 Å². The Kier molecular flexibility index (Phi) is 5.32. The number of benzene rings is 1. The smallest absolute Gasteiger partial charge is 0.235 e. The average molecular weight is 309 g/mol. The number of rotatable bonds is 4. The van der Waals surface area contributed by atoms with Crippen LogP contribution >= 0.6 is 0 Å². The molecule has 2 rings (SSSR count). The third-order valence-electron chi connectivity index (χ3n) is 3.54. The Morgan fingerprint density at radius 1 is 1.33 bits per heavy atom. The highest BCUT2D eigenvalue weighted by Gasteiger charge is 2.28. The number of hydrogen-bond acceptors (Lipinski definition) is 4. The van der Waals surface area contributed by atoms with Gasteiger partial charge in [0.05, 0.1) is 0 Å². The number of carbonyl (C=O) groups excluding carboxylic acids is 1. The lowest BCUT2D eigenvalue weighted by Crippen LogP contribution is -2.44. The first-order valence-electron chi connectivity index (χ1n) is 6.79. The van der Waals surface area contributed by atoms with E-state index in [2.05, 4.69) is 10.5 Å². The number of hydrogen-bond donors (Lipinski definition) is 3. The van der Waals surface area contributed by atoms with Gasteiger partial charge in [0, 0.05) is 28.3 Å². The first-order chi connectivity index (χ1) is 10.1. The van der Waals surface area contributed by atoms with E-state index < -0.39 is 16.7 Å². The predicted molar refractivity (Wildman–Crippen MR) is 81.6 cm³/mol. The van der Waals surface area contributed by atoms with Crippen LogP contribution in [-0.2, 0) is 15.6 Å². The van der Waals surface area contributed by atoms with Gasteiger partial charge in [-0.05, 0) is 18.4 Å². The summed E-state index contributed by atoms with van der Waals surface area (Å²) in [4.78, 5) is 12.4. The van der Waals surface area contributed by atoms with Crippen LogP contribution in [0.2, 0.25) is 0 Å². The van der Waals surface area contributed by atoms with E-state index in [1.54, 1.807) is 24.3 Å². The van der Waals surface area contributed by atoms with E-state index in [-0.39, 0.29) is 17.8 Å². The molecule has 21 heavy (non-hydrogen) atoms. The summed E-state index contributed by atoms with van der Waals surface area (Å²) in [5.41, 5.74) is 6.34. The van der Waals surface area contributed by atoms with Crippen molar-refractivity contribution in [1.82, 2.24) is 5.32 Å². The summed E-state index contributed by atoms with van der Waals surface area (Å²) in [6, 6.07) is 8.94. The van der Waals surface area contributed by atoms with Gasteiger partial charge in [-0.3, -0.25) is 9.00 Å². The van der Waals surface area contributed by atoms with Crippen molar-refractivity contribution in [2.75, 3.05) is 11.5 Å². The molecule has 114 valence electrons. The first-order valence-corrected chi connectivity index (χ1v) is 8.28. The average Bonchev–Trinajstić information content (AvgIpc) is 2.50. The molecule has 1 amide bonds. The van der Waals surface area contributed by atoms with E-state index in [0.717, 1.165) is 0 Å². The minimum absolute atomic E-state index is 0.00657. The first kappa shape index (κ1) is 15.5. The fourth-order valence-electron chi connectivity index (χ4n) is 2.38. The molecule has 1 heterocycles. The minimum Gasteiger partial charge on any atom is -0.409 e. The summed E-state index contributed by atoms with van der Waals surface area (Å²) in [6.45, 7) is 0. The number of amidine groups is 1. The standard InChI is InChI=1S/C14H19N3O3S/c15-13(17-19)12(10-4-2-1-3-5-10)14(18)16-11-6-8-21(20)9-7-11/h1-5,11-12,19H,6-9H2,(H2,15,17)(H,16,18). The third kappa shape index (κ3) is 4.04. The second-order valence-electron chi connectivity index (χ2n) is 5.00. The van der Waals surface area contributed by atoms with Gasteiger partial charge in [0.1, 0.15) is 5.92 Å². The molecular weight excluding hydrogens is 290 g/mol. The Bertz CT molecular complexity index is 538. The lowest BCUT2D eigenvalue weighted by Gasteiger charge is -2.25. The second kappa shape index (κ2) is 7.21. The van der Waals surface area contributed by atoms with Crippen LogP contribution in [0.1, 0.15) is 24.3 Å². The number of carbonyl (C=O) groups is 1. The molecule has 0 radical (unpaired) electrons. The highest BCUT2D eigenvalue weighted by Crippen LogP contribution is 2.18. The summed E-state index contributed by atoms with van der Waals surface area (Å²) in [7, 11) is -0.773. The summed E-state index contributed by atoms with van der Waals surface area (Å²) >= 11 is 0. The number of oxime groups is 1. The molecule has 1 aliphatic heterocycles. The zero-order valence-electron chi connectivity index (χ0n) is 11.6. The van der Waals surface area contributed by atoms with Gasteiger partial charge < -0.3 is 16.3 Å². The molecule has 1 unspecified atom stereocenters. The molecule has 4 N–H and O–H groups in total. The van der Waals surface area contributed by atoms with Crippen molar-refractivity contribution >= 4 is 22.5 Å². The van der Waals surface area contributed by atoms with Crippen molar-refractivity contribution < 1.29 is 14.2 Å². The number of nitrogens with two attached hydrogens (primary N) is 1. The Labute approximate surface area is 125 Å². The van der Waals surface area contributed by atoms with Crippen molar-refractivity contribution in [2.24, 2.45) is 10.9 Å². The lowest BCUT2D eigenvalue weighted by molar-refractivity contribution is -0.121. The molecule has 0 spiro atoms. The Balaban J connectivity index is 2.10. The maximum atomic E-state index is 12.4. The van der Waals surface area contributed by atoms with Crippen molar-refractivity contribution in [3.8, 4) is 0 Å². The fraction of sp³-hybridized carbons (Fsp3) is 0.429. The van der Waals surface area contributed by atoms with Crippen molar-refractivity contribution in [1.29, 1.82) is 0 Å². The van der Waals surface area contributed by atoms with Crippen LogP contribution in [0.25, 0.3) is 0 Å². The zero-order chi connectivity index (χ0) is 15.2. The highest BCUT2D eigenvalue weighted by atomic mass is 32.2. The lowest BCUT2D eigenvalue weighted by atomic mass is 9.96. The Hall–Kier alpha value is -1.89. The zero-order valence-corrected chi connectivity index (χ0v) is 12.4. The molecule has 1 aliphatic rings. The van der Waals surface area contributed by atoms with Gasteiger partial charge in [-0.15, -0.1) is 0 Å². The van der Waals surface area contributed by atoms with Crippen molar-refractivity contribution in [3.63, 3.8) is 0 Å². The SMILES string of the molecule is N/C(=N/O)C(C(=O)NC1CCS(=O)CC1)c1ccccc1. The van der Waals surface area contributed by atoms with Gasteiger partial charge in [0.25, 0.3) is 0 Å². The van der Waals surface area contributed by atoms with E-state index in [9.17, 15) is 9.00 Å². The molecule has 7 heteroatoms. The normalized spacial score (nSPS) is 24.3. The van der Waals surface area contributed by atoms with Crippen LogP contribution in [0.5, 0.6) is 0 Å². The molecule has 1 saturated heterocycles. The molecule has 1 fully saturated rings. The maximum Gasteiger partial charge on any atom is 0.235 e. The van der Waals surface area contributed by atoms with Crippen LogP contribution in [0.3, 0.4) is 0 Å². The van der Waals surface area contributed by atoms with E-state index in [4.69, 9.17) is 10.9 Å². The number of nitrogens with zero attached hydrogens (tertiary/aromatic N) is 1. The van der Waals surface area contributed by atoms with E-state index in [0.29, 0.717) is 29.9 Å². The minimum atomic E-state index is -0.816. The van der Waals surface area contributed by atoms with Crippen LogP contribution in [0.15, 0.2) is 35.5 Å². The van der Waals surface area contributed by atoms with Gasteiger partial charge >= 0.3 is 0 Å². The second-order valence-corrected chi connectivity index (χ2v) is 6.70. The van der Waals surface area contributed by atoms with Crippen LogP contribution in [0, 0.1) is 0 Å². The Morgan fingerprint density at radius 2 is 1.95 bits per heavy atom. The fourth-order valence-corrected chi connectivity index (χ4v) is 3.68. The van der Waals surface area contributed by atoms with E-state index in [1.807, 2.05) is 6.07 Å². The molecule has 0 aliphatic carbocycles. The Morgan fingerprint density at radius 3 is 2.52 bits per heavy atom. The molecule has 6 nitrogen and oxygen atoms in total.